The number of oxime groups is 1. The summed E-state index contributed by atoms with van der Waals surface area (Å²) in [5.74, 6) is -2.22. The fourth-order valence-electron chi connectivity index (χ4n) is 2.61. The molecule has 2 aliphatic heterocycles. The minimum absolute atomic E-state index is 0.160. The van der Waals surface area contributed by atoms with Crippen LogP contribution in [-0.2, 0) is 14.5 Å². The molecule has 0 saturated carbocycles. The highest BCUT2D eigenvalue weighted by molar-refractivity contribution is 6.21. The van der Waals surface area contributed by atoms with Gasteiger partial charge in [0.25, 0.3) is 11.8 Å². The smallest absolute Gasteiger partial charge is 0.376 e. The van der Waals surface area contributed by atoms with Crippen molar-refractivity contribution in [2.75, 3.05) is 0 Å². The van der Waals surface area contributed by atoms with Gasteiger partial charge in [-0.2, -0.15) is 0 Å². The van der Waals surface area contributed by atoms with Gasteiger partial charge in [0, 0.05) is 24.4 Å². The maximum atomic E-state index is 12.2. The second kappa shape index (κ2) is 5.82. The molecule has 4 rings (SSSR count). The largest absolute Gasteiger partial charge is 0.380 e. The van der Waals surface area contributed by atoms with Crippen molar-refractivity contribution in [1.29, 1.82) is 0 Å². The number of hydrogen-bond donors (Lipinski definition) is 0. The summed E-state index contributed by atoms with van der Waals surface area (Å²) in [7, 11) is 0. The molecule has 0 radical (unpaired) electrons. The summed E-state index contributed by atoms with van der Waals surface area (Å²) in [5, 5.41) is 4.30. The van der Waals surface area contributed by atoms with Crippen molar-refractivity contribution in [2.24, 2.45) is 5.16 Å². The van der Waals surface area contributed by atoms with Gasteiger partial charge < -0.3 is 9.68 Å². The van der Waals surface area contributed by atoms with E-state index in [0.717, 1.165) is 5.56 Å². The highest BCUT2D eigenvalue weighted by Gasteiger charge is 2.41. The average molecular weight is 337 g/mol. The first kappa shape index (κ1) is 15.0. The fraction of sp³-hybridized carbons (Fsp3) is 0.118. The second-order valence-corrected chi connectivity index (χ2v) is 5.44. The van der Waals surface area contributed by atoms with Crippen LogP contribution < -0.4 is 0 Å². The monoisotopic (exact) mass is 337 g/mol. The lowest BCUT2D eigenvalue weighted by atomic mass is 10.1. The molecule has 0 aliphatic carbocycles. The minimum atomic E-state index is -1.03. The molecule has 1 aromatic carbocycles. The Morgan fingerprint density at radius 2 is 1.84 bits per heavy atom. The Morgan fingerprint density at radius 1 is 1.12 bits per heavy atom. The lowest BCUT2D eigenvalue weighted by Gasteiger charge is -2.14. The highest BCUT2D eigenvalue weighted by atomic mass is 16.7. The SMILES string of the molecule is O=C(ON1C(=O)c2ccccc2C1=O)C1CC(c2cccnc2)=NO1. The van der Waals surface area contributed by atoms with Crippen LogP contribution in [0.5, 0.6) is 0 Å². The molecule has 1 unspecified atom stereocenters. The van der Waals surface area contributed by atoms with Crippen LogP contribution in [0.3, 0.4) is 0 Å². The molecule has 25 heavy (non-hydrogen) atoms. The molecule has 0 bridgehead atoms. The predicted octanol–water partition coefficient (Wildman–Crippen LogP) is 1.33. The Bertz CT molecular complexity index is 875. The van der Waals surface area contributed by atoms with Gasteiger partial charge in [-0.1, -0.05) is 22.4 Å². The van der Waals surface area contributed by atoms with Gasteiger partial charge in [-0.25, -0.2) is 4.79 Å². The van der Waals surface area contributed by atoms with E-state index in [2.05, 4.69) is 10.1 Å². The first-order chi connectivity index (χ1) is 12.1. The zero-order valence-corrected chi connectivity index (χ0v) is 12.8. The topological polar surface area (TPSA) is 98.2 Å². The summed E-state index contributed by atoms with van der Waals surface area (Å²) in [4.78, 5) is 50.6. The number of benzene rings is 1. The van der Waals surface area contributed by atoms with Crippen molar-refractivity contribution in [3.8, 4) is 0 Å². The quantitative estimate of drug-likeness (QED) is 0.784. The van der Waals surface area contributed by atoms with Gasteiger partial charge in [-0.15, -0.1) is 0 Å². The summed E-state index contributed by atoms with van der Waals surface area (Å²) < 4.78 is 0. The van der Waals surface area contributed by atoms with E-state index in [1.165, 1.54) is 12.1 Å². The molecule has 2 aromatic rings. The lowest BCUT2D eigenvalue weighted by Crippen LogP contribution is -2.37. The van der Waals surface area contributed by atoms with Gasteiger partial charge >= 0.3 is 5.97 Å². The lowest BCUT2D eigenvalue weighted by molar-refractivity contribution is -0.180. The molecule has 0 fully saturated rings. The third-order valence-corrected chi connectivity index (χ3v) is 3.86. The predicted molar refractivity (Wildman–Crippen MR) is 83.3 cm³/mol. The summed E-state index contributed by atoms with van der Waals surface area (Å²) in [6, 6.07) is 9.78. The second-order valence-electron chi connectivity index (χ2n) is 5.44. The molecule has 1 atom stereocenters. The number of fused-ring (bicyclic) bond motifs is 1. The molecule has 124 valence electrons. The normalized spacial score (nSPS) is 18.6. The molecule has 0 saturated heterocycles. The Morgan fingerprint density at radius 3 is 2.48 bits per heavy atom. The number of carbonyl (C=O) groups is 3. The van der Waals surface area contributed by atoms with E-state index in [1.54, 1.807) is 36.7 Å². The first-order valence-electron chi connectivity index (χ1n) is 7.48. The molecule has 0 N–H and O–H groups in total. The van der Waals surface area contributed by atoms with Crippen molar-refractivity contribution in [1.82, 2.24) is 10.0 Å². The standard InChI is InChI=1S/C17H11N3O5/c21-15-11-5-1-2-6-12(11)16(22)20(15)25-17(23)14-8-13(19-24-14)10-4-3-7-18-9-10/h1-7,9,14H,8H2. The van der Waals surface area contributed by atoms with Crippen molar-refractivity contribution in [3.63, 3.8) is 0 Å². The van der Waals surface area contributed by atoms with E-state index in [1.807, 2.05) is 0 Å². The summed E-state index contributed by atoms with van der Waals surface area (Å²) in [5.41, 5.74) is 1.65. The number of rotatable bonds is 3. The summed E-state index contributed by atoms with van der Waals surface area (Å²) >= 11 is 0. The molecule has 8 heteroatoms. The van der Waals surface area contributed by atoms with Gasteiger partial charge in [0.2, 0.25) is 6.10 Å². The molecular weight excluding hydrogens is 326 g/mol. The van der Waals surface area contributed by atoms with Gasteiger partial charge in [0.05, 0.1) is 16.8 Å². The number of amides is 2. The van der Waals surface area contributed by atoms with Gasteiger partial charge in [-0.05, 0) is 24.3 Å². The van der Waals surface area contributed by atoms with Crippen molar-refractivity contribution in [3.05, 3.63) is 65.5 Å². The molecule has 3 heterocycles. The van der Waals surface area contributed by atoms with Crippen LogP contribution in [0.15, 0.2) is 53.9 Å². The number of hydrogen-bond acceptors (Lipinski definition) is 7. The third-order valence-electron chi connectivity index (χ3n) is 3.86. The van der Waals surface area contributed by atoms with Crippen molar-refractivity contribution in [2.45, 2.75) is 12.5 Å². The molecule has 1 aromatic heterocycles. The number of hydroxylamine groups is 2. The third kappa shape index (κ3) is 2.53. The van der Waals surface area contributed by atoms with Crippen LogP contribution in [0.1, 0.15) is 32.7 Å². The number of imide groups is 1. The van der Waals surface area contributed by atoms with Crippen molar-refractivity contribution < 1.29 is 24.1 Å². The Hall–Kier alpha value is -3.55. The number of pyridine rings is 1. The zero-order valence-electron chi connectivity index (χ0n) is 12.8. The maximum absolute atomic E-state index is 12.2. The van der Waals surface area contributed by atoms with Gasteiger partial charge in [-0.3, -0.25) is 14.6 Å². The van der Waals surface area contributed by atoms with Gasteiger partial charge in [0.15, 0.2) is 0 Å². The van der Waals surface area contributed by atoms with E-state index in [4.69, 9.17) is 9.68 Å². The fourth-order valence-corrected chi connectivity index (χ4v) is 2.61. The van der Waals surface area contributed by atoms with Crippen LogP contribution in [0.25, 0.3) is 0 Å². The van der Waals surface area contributed by atoms with Crippen LogP contribution in [0, 0.1) is 0 Å². The summed E-state index contributed by atoms with van der Waals surface area (Å²) in [6.45, 7) is 0. The number of aromatic nitrogens is 1. The highest BCUT2D eigenvalue weighted by Crippen LogP contribution is 2.24. The van der Waals surface area contributed by atoms with Crippen LogP contribution in [0.4, 0.5) is 0 Å². The van der Waals surface area contributed by atoms with E-state index in [0.29, 0.717) is 10.8 Å². The molecule has 2 aliphatic rings. The summed E-state index contributed by atoms with van der Waals surface area (Å²) in [6.07, 6.45) is 2.35. The van der Waals surface area contributed by atoms with Gasteiger partial charge in [0.1, 0.15) is 0 Å². The van der Waals surface area contributed by atoms with E-state index in [9.17, 15) is 14.4 Å². The zero-order chi connectivity index (χ0) is 17.4. The average Bonchev–Trinajstić information content (AvgIpc) is 3.23. The van der Waals surface area contributed by atoms with Crippen LogP contribution >= 0.6 is 0 Å². The minimum Gasteiger partial charge on any atom is -0.380 e. The molecule has 0 spiro atoms. The van der Waals surface area contributed by atoms with Crippen molar-refractivity contribution >= 4 is 23.5 Å². The molecular formula is C17H11N3O5. The van der Waals surface area contributed by atoms with Crippen LogP contribution in [-0.4, -0.2) is 39.6 Å². The van der Waals surface area contributed by atoms with E-state index in [-0.39, 0.29) is 17.5 Å². The molecule has 2 amide bonds. The number of carbonyl (C=O) groups excluding carboxylic acids is 3. The Labute approximate surface area is 141 Å². The maximum Gasteiger partial charge on any atom is 0.376 e. The van der Waals surface area contributed by atoms with E-state index >= 15 is 0 Å². The Balaban J connectivity index is 1.44. The molecule has 8 nitrogen and oxygen atoms in total. The Kier molecular flexibility index (Phi) is 3.50. The van der Waals surface area contributed by atoms with E-state index < -0.39 is 23.9 Å². The first-order valence-corrected chi connectivity index (χ1v) is 7.48. The van der Waals surface area contributed by atoms with Crippen LogP contribution in [0.2, 0.25) is 0 Å². The number of nitrogens with zero attached hydrogens (tertiary/aromatic N) is 3.